The summed E-state index contributed by atoms with van der Waals surface area (Å²) >= 11 is 1.59. The molecule has 3 aromatic rings. The zero-order chi connectivity index (χ0) is 27.9. The van der Waals surface area contributed by atoms with Gasteiger partial charge in [0.1, 0.15) is 11.9 Å². The number of esters is 1. The molecule has 0 N–H and O–H groups in total. The molecule has 5 nitrogen and oxygen atoms in total. The number of benzene rings is 3. The first kappa shape index (κ1) is 28.3. The number of thioether (sulfide) groups is 1. The van der Waals surface area contributed by atoms with E-state index in [1.54, 1.807) is 23.9 Å². The summed E-state index contributed by atoms with van der Waals surface area (Å²) in [4.78, 5) is 41.7. The summed E-state index contributed by atoms with van der Waals surface area (Å²) in [5.41, 5.74) is 1.32. The molecule has 6 heteroatoms. The van der Waals surface area contributed by atoms with Crippen molar-refractivity contribution >= 4 is 29.3 Å². The fraction of sp³-hybridized carbons (Fsp3) is 0.382. The molecular formula is C34H36O5S. The summed E-state index contributed by atoms with van der Waals surface area (Å²) in [5, 5.41) is -0.251. The normalized spacial score (nSPS) is 26.3. The molecule has 0 bridgehead atoms. The summed E-state index contributed by atoms with van der Waals surface area (Å²) in [7, 11) is 0. The van der Waals surface area contributed by atoms with E-state index in [4.69, 9.17) is 9.47 Å². The second-order valence-corrected chi connectivity index (χ2v) is 12.1. The Morgan fingerprint density at radius 1 is 0.850 bits per heavy atom. The lowest BCUT2D eigenvalue weighted by Crippen LogP contribution is -2.49. The molecule has 3 aromatic carbocycles. The number of cyclic esters (lactones) is 1. The average molecular weight is 557 g/mol. The minimum atomic E-state index is -0.869. The van der Waals surface area contributed by atoms with E-state index in [-0.39, 0.29) is 47.1 Å². The van der Waals surface area contributed by atoms with Crippen LogP contribution in [0.1, 0.15) is 67.5 Å². The maximum Gasteiger partial charge on any atom is 0.306 e. The molecule has 1 saturated carbocycles. The smallest absolute Gasteiger partial charge is 0.306 e. The lowest BCUT2D eigenvalue weighted by molar-refractivity contribution is -0.156. The number of carbonyl (C=O) groups is 3. The molecule has 0 spiro atoms. The second kappa shape index (κ2) is 13.4. The zero-order valence-electron chi connectivity index (χ0n) is 22.8. The van der Waals surface area contributed by atoms with Crippen LogP contribution in [0.3, 0.4) is 0 Å². The maximum absolute atomic E-state index is 13.9. The molecule has 2 fully saturated rings. The average Bonchev–Trinajstić information content (AvgIpc) is 2.97. The number of carbonyl (C=O) groups excluding carboxylic acids is 3. The number of ether oxygens (including phenoxy) is 2. The number of hydrogen-bond donors (Lipinski definition) is 0. The quantitative estimate of drug-likeness (QED) is 0.225. The van der Waals surface area contributed by atoms with Gasteiger partial charge in [0.15, 0.2) is 5.78 Å². The van der Waals surface area contributed by atoms with Crippen LogP contribution >= 0.6 is 11.8 Å². The van der Waals surface area contributed by atoms with Gasteiger partial charge in [-0.2, -0.15) is 0 Å². The third kappa shape index (κ3) is 6.91. The van der Waals surface area contributed by atoms with Gasteiger partial charge in [-0.15, -0.1) is 11.8 Å². The summed E-state index contributed by atoms with van der Waals surface area (Å²) in [6.07, 6.45) is 2.20. The van der Waals surface area contributed by atoms with Crippen LogP contribution in [0.15, 0.2) is 95.9 Å². The molecule has 0 amide bonds. The fourth-order valence-corrected chi connectivity index (χ4v) is 7.28. The lowest BCUT2D eigenvalue weighted by atomic mass is 9.71. The highest BCUT2D eigenvalue weighted by molar-refractivity contribution is 8.00. The molecule has 40 heavy (non-hydrogen) atoms. The second-order valence-electron chi connectivity index (χ2n) is 10.8. The van der Waals surface area contributed by atoms with E-state index >= 15 is 0 Å². The lowest BCUT2D eigenvalue weighted by Gasteiger charge is -2.43. The zero-order valence-corrected chi connectivity index (χ0v) is 23.6. The van der Waals surface area contributed by atoms with Gasteiger partial charge in [0.25, 0.3) is 0 Å². The Labute approximate surface area is 240 Å². The number of ketones is 2. The third-order valence-corrected chi connectivity index (χ3v) is 9.24. The van der Waals surface area contributed by atoms with Crippen molar-refractivity contribution in [1.29, 1.82) is 0 Å². The third-order valence-electron chi connectivity index (χ3n) is 7.95. The van der Waals surface area contributed by atoms with Crippen molar-refractivity contribution in [2.45, 2.75) is 73.9 Å². The number of rotatable bonds is 7. The first-order valence-corrected chi connectivity index (χ1v) is 15.1. The van der Waals surface area contributed by atoms with Crippen molar-refractivity contribution in [3.63, 3.8) is 0 Å². The van der Waals surface area contributed by atoms with Crippen LogP contribution < -0.4 is 0 Å². The van der Waals surface area contributed by atoms with Crippen LogP contribution in [0.4, 0.5) is 0 Å². The minimum Gasteiger partial charge on any atom is -0.463 e. The Balaban J connectivity index is 1.54. The molecule has 5 rings (SSSR count). The number of fused-ring (bicyclic) bond motifs is 1. The van der Waals surface area contributed by atoms with Gasteiger partial charge in [0.2, 0.25) is 0 Å². The van der Waals surface area contributed by atoms with Crippen LogP contribution in [0.2, 0.25) is 0 Å². The Kier molecular flexibility index (Phi) is 9.50. The Hall–Kier alpha value is -3.22. The maximum atomic E-state index is 13.9. The van der Waals surface area contributed by atoms with Crippen molar-refractivity contribution < 1.29 is 23.9 Å². The Morgan fingerprint density at radius 3 is 2.17 bits per heavy atom. The number of hydrogen-bond acceptors (Lipinski definition) is 6. The van der Waals surface area contributed by atoms with Gasteiger partial charge < -0.3 is 9.47 Å². The van der Waals surface area contributed by atoms with Crippen molar-refractivity contribution in [3.8, 4) is 0 Å². The molecule has 1 aliphatic carbocycles. The Morgan fingerprint density at radius 2 is 1.48 bits per heavy atom. The highest BCUT2D eigenvalue weighted by Gasteiger charge is 2.48. The van der Waals surface area contributed by atoms with Crippen LogP contribution in [0, 0.1) is 11.8 Å². The molecular weight excluding hydrogens is 520 g/mol. The fourth-order valence-electron chi connectivity index (χ4n) is 5.96. The van der Waals surface area contributed by atoms with Crippen molar-refractivity contribution in [1.82, 2.24) is 0 Å². The highest BCUT2D eigenvalue weighted by Crippen LogP contribution is 2.45. The summed E-state index contributed by atoms with van der Waals surface area (Å²) < 4.78 is 12.6. The molecule has 0 aromatic heterocycles. The van der Waals surface area contributed by atoms with Gasteiger partial charge >= 0.3 is 5.97 Å². The van der Waals surface area contributed by atoms with Crippen molar-refractivity contribution in [2.75, 3.05) is 0 Å². The Bertz CT molecular complexity index is 1280. The first-order chi connectivity index (χ1) is 19.5. The standard InChI is InChI=1S/C34H36O5S/c1-23-13-11-12-20-27-28(21-31(36)38-23)34(30(22-29(27)35)40-26-18-9-4-10-19-26)39-33(25-16-7-3-8-17-25)32(37)24-14-5-2-6-15-24/h2-10,14-19,23,27-28,30,33-34H,11-13,20-22H2,1H3/t23-,27+,28+,30+,33+,34+/m0/s1. The minimum absolute atomic E-state index is 0.0955. The summed E-state index contributed by atoms with van der Waals surface area (Å²) in [6.45, 7) is 1.93. The molecule has 0 unspecified atom stereocenters. The molecule has 6 atom stereocenters. The van der Waals surface area contributed by atoms with Crippen molar-refractivity contribution in [2.24, 2.45) is 11.8 Å². The van der Waals surface area contributed by atoms with Crippen LogP contribution in [0.5, 0.6) is 0 Å². The van der Waals surface area contributed by atoms with E-state index in [2.05, 4.69) is 0 Å². The SMILES string of the molecule is C[C@H]1CCCC[C@H]2C(=O)C[C@@H](Sc3ccccc3)[C@H](O[C@@H](C(=O)c3ccccc3)c3ccccc3)[C@@H]2CC(=O)O1. The van der Waals surface area contributed by atoms with Gasteiger partial charge in [0, 0.05) is 34.0 Å². The van der Waals surface area contributed by atoms with E-state index in [9.17, 15) is 14.4 Å². The first-order valence-electron chi connectivity index (χ1n) is 14.2. The van der Waals surface area contributed by atoms with Gasteiger partial charge in [-0.1, -0.05) is 85.3 Å². The van der Waals surface area contributed by atoms with E-state index in [1.807, 2.05) is 85.8 Å². The van der Waals surface area contributed by atoms with E-state index in [1.165, 1.54) is 0 Å². The highest BCUT2D eigenvalue weighted by atomic mass is 32.2. The summed E-state index contributed by atoms with van der Waals surface area (Å²) in [6, 6.07) is 28.6. The van der Waals surface area contributed by atoms with Gasteiger partial charge in [-0.25, -0.2) is 0 Å². The van der Waals surface area contributed by atoms with E-state index in [0.717, 1.165) is 29.7 Å². The van der Waals surface area contributed by atoms with Crippen LogP contribution in [-0.2, 0) is 19.1 Å². The van der Waals surface area contributed by atoms with Gasteiger partial charge in [-0.3, -0.25) is 14.4 Å². The van der Waals surface area contributed by atoms with Gasteiger partial charge in [-0.05, 0) is 43.9 Å². The molecule has 1 saturated heterocycles. The molecule has 0 radical (unpaired) electrons. The molecule has 1 heterocycles. The molecule has 2 aliphatic rings. The van der Waals surface area contributed by atoms with Crippen LogP contribution in [-0.4, -0.2) is 35.0 Å². The predicted molar refractivity (Wildman–Crippen MR) is 156 cm³/mol. The molecule has 1 aliphatic heterocycles. The van der Waals surface area contributed by atoms with E-state index in [0.29, 0.717) is 18.4 Å². The molecule has 208 valence electrons. The van der Waals surface area contributed by atoms with Crippen molar-refractivity contribution in [3.05, 3.63) is 102 Å². The number of Topliss-reactive ketones (excluding diaryl/α,β-unsaturated/α-hetero) is 2. The van der Waals surface area contributed by atoms with Gasteiger partial charge in [0.05, 0.1) is 18.6 Å². The van der Waals surface area contributed by atoms with Crippen LogP contribution in [0.25, 0.3) is 0 Å². The largest absolute Gasteiger partial charge is 0.463 e. The monoisotopic (exact) mass is 556 g/mol. The topological polar surface area (TPSA) is 69.7 Å². The van der Waals surface area contributed by atoms with E-state index < -0.39 is 12.2 Å². The summed E-state index contributed by atoms with van der Waals surface area (Å²) in [5.74, 6) is -0.955. The predicted octanol–water partition coefficient (Wildman–Crippen LogP) is 7.26.